The number of anilines is 1. The van der Waals surface area contributed by atoms with Gasteiger partial charge in [0, 0.05) is 6.07 Å². The molecular weight excluding hydrogens is 298 g/mol. The lowest BCUT2D eigenvalue weighted by Crippen LogP contribution is -2.16. The third-order valence-electron chi connectivity index (χ3n) is 2.38. The van der Waals surface area contributed by atoms with Gasteiger partial charge in [0.05, 0.1) is 5.69 Å². The molecule has 2 rings (SSSR count). The molecular formula is C12H7F4NO2S. The first-order valence-corrected chi connectivity index (χ1v) is 6.71. The van der Waals surface area contributed by atoms with Crippen LogP contribution in [0.4, 0.5) is 23.2 Å². The van der Waals surface area contributed by atoms with E-state index >= 15 is 0 Å². The summed E-state index contributed by atoms with van der Waals surface area (Å²) in [6, 6.07) is 4.64. The van der Waals surface area contributed by atoms with E-state index in [4.69, 9.17) is 0 Å². The van der Waals surface area contributed by atoms with Crippen LogP contribution in [-0.4, -0.2) is 8.42 Å². The summed E-state index contributed by atoms with van der Waals surface area (Å²) in [4.78, 5) is -0.873. The zero-order valence-electron chi connectivity index (χ0n) is 9.70. The normalized spacial score (nSPS) is 11.4. The lowest BCUT2D eigenvalue weighted by Gasteiger charge is -2.09. The molecule has 2 aromatic carbocycles. The topological polar surface area (TPSA) is 46.2 Å². The van der Waals surface area contributed by atoms with Crippen molar-refractivity contribution in [2.24, 2.45) is 0 Å². The molecule has 1 N–H and O–H groups in total. The second-order valence-electron chi connectivity index (χ2n) is 3.78. The smallest absolute Gasteiger partial charge is 0.264 e. The highest BCUT2D eigenvalue weighted by Crippen LogP contribution is 2.22. The molecule has 20 heavy (non-hydrogen) atoms. The molecule has 0 unspecified atom stereocenters. The average molecular weight is 305 g/mol. The Morgan fingerprint density at radius 1 is 0.900 bits per heavy atom. The fourth-order valence-electron chi connectivity index (χ4n) is 1.48. The minimum Gasteiger partial charge on any atom is -0.276 e. The molecule has 8 heteroatoms. The van der Waals surface area contributed by atoms with Crippen LogP contribution in [0.3, 0.4) is 0 Å². The van der Waals surface area contributed by atoms with E-state index in [-0.39, 0.29) is 0 Å². The van der Waals surface area contributed by atoms with Crippen molar-refractivity contribution in [2.75, 3.05) is 4.72 Å². The zero-order valence-corrected chi connectivity index (χ0v) is 10.5. The molecule has 0 spiro atoms. The Labute approximate surface area is 111 Å². The van der Waals surface area contributed by atoms with Crippen LogP contribution in [0.1, 0.15) is 0 Å². The van der Waals surface area contributed by atoms with Gasteiger partial charge < -0.3 is 0 Å². The van der Waals surface area contributed by atoms with Gasteiger partial charge in [-0.3, -0.25) is 4.72 Å². The highest BCUT2D eigenvalue weighted by atomic mass is 32.2. The molecule has 0 aliphatic carbocycles. The Morgan fingerprint density at radius 2 is 1.60 bits per heavy atom. The SMILES string of the molecule is O=S(=O)(Nc1cccc(F)c1F)c1ccc(F)cc1F. The van der Waals surface area contributed by atoms with Gasteiger partial charge in [-0.05, 0) is 24.3 Å². The molecule has 0 amide bonds. The van der Waals surface area contributed by atoms with Crippen LogP contribution >= 0.6 is 0 Å². The van der Waals surface area contributed by atoms with E-state index in [1.807, 2.05) is 0 Å². The van der Waals surface area contributed by atoms with Crippen LogP contribution < -0.4 is 4.72 Å². The highest BCUT2D eigenvalue weighted by molar-refractivity contribution is 7.92. The van der Waals surface area contributed by atoms with Crippen molar-refractivity contribution in [3.63, 3.8) is 0 Å². The van der Waals surface area contributed by atoms with Crippen LogP contribution in [0.15, 0.2) is 41.3 Å². The van der Waals surface area contributed by atoms with Crippen LogP contribution in [-0.2, 0) is 10.0 Å². The first kappa shape index (κ1) is 14.3. The molecule has 0 atom stereocenters. The zero-order chi connectivity index (χ0) is 14.9. The second-order valence-corrected chi connectivity index (χ2v) is 5.43. The maximum atomic E-state index is 13.4. The molecule has 0 radical (unpaired) electrons. The van der Waals surface area contributed by atoms with Crippen LogP contribution in [0.25, 0.3) is 0 Å². The van der Waals surface area contributed by atoms with E-state index in [0.29, 0.717) is 12.1 Å². The first-order chi connectivity index (χ1) is 9.31. The highest BCUT2D eigenvalue weighted by Gasteiger charge is 2.21. The van der Waals surface area contributed by atoms with Crippen LogP contribution in [0, 0.1) is 23.3 Å². The number of hydrogen-bond acceptors (Lipinski definition) is 2. The van der Waals surface area contributed by atoms with Crippen LogP contribution in [0.5, 0.6) is 0 Å². The molecule has 0 bridgehead atoms. The van der Waals surface area contributed by atoms with Crippen molar-refractivity contribution in [2.45, 2.75) is 4.90 Å². The van der Waals surface area contributed by atoms with Gasteiger partial charge in [-0.1, -0.05) is 6.07 Å². The van der Waals surface area contributed by atoms with Crippen molar-refractivity contribution in [1.82, 2.24) is 0 Å². The van der Waals surface area contributed by atoms with Crippen LogP contribution in [0.2, 0.25) is 0 Å². The van der Waals surface area contributed by atoms with Crippen molar-refractivity contribution < 1.29 is 26.0 Å². The van der Waals surface area contributed by atoms with Crippen molar-refractivity contribution >= 4 is 15.7 Å². The van der Waals surface area contributed by atoms with Crippen molar-refractivity contribution in [3.05, 3.63) is 59.7 Å². The van der Waals surface area contributed by atoms with Gasteiger partial charge in [0.25, 0.3) is 10.0 Å². The van der Waals surface area contributed by atoms with E-state index in [0.717, 1.165) is 24.3 Å². The predicted molar refractivity (Wildman–Crippen MR) is 63.5 cm³/mol. The van der Waals surface area contributed by atoms with E-state index < -0.39 is 43.9 Å². The molecule has 0 heterocycles. The Bertz CT molecular complexity index is 762. The predicted octanol–water partition coefficient (Wildman–Crippen LogP) is 3.04. The van der Waals surface area contributed by atoms with E-state index in [2.05, 4.69) is 0 Å². The molecule has 0 aliphatic rings. The summed E-state index contributed by atoms with van der Waals surface area (Å²) in [6.07, 6.45) is 0. The molecule has 106 valence electrons. The molecule has 3 nitrogen and oxygen atoms in total. The van der Waals surface area contributed by atoms with Crippen molar-refractivity contribution in [3.8, 4) is 0 Å². The fourth-order valence-corrected chi connectivity index (χ4v) is 2.60. The fraction of sp³-hybridized carbons (Fsp3) is 0. The molecule has 2 aromatic rings. The summed E-state index contributed by atoms with van der Waals surface area (Å²) < 4.78 is 77.8. The molecule has 0 fully saturated rings. The van der Waals surface area contributed by atoms with Gasteiger partial charge in [-0.2, -0.15) is 0 Å². The summed E-state index contributed by atoms with van der Waals surface area (Å²) in [5, 5.41) is 0. The Morgan fingerprint density at radius 3 is 2.25 bits per heavy atom. The largest absolute Gasteiger partial charge is 0.276 e. The lowest BCUT2D eigenvalue weighted by atomic mass is 10.3. The van der Waals surface area contributed by atoms with Crippen molar-refractivity contribution in [1.29, 1.82) is 0 Å². The number of benzene rings is 2. The number of rotatable bonds is 3. The summed E-state index contributed by atoms with van der Waals surface area (Å²) in [6.45, 7) is 0. The van der Waals surface area contributed by atoms with Gasteiger partial charge in [0.1, 0.15) is 16.5 Å². The summed E-state index contributed by atoms with van der Waals surface area (Å²) in [5.41, 5.74) is -0.672. The number of sulfonamides is 1. The van der Waals surface area contributed by atoms with Gasteiger partial charge >= 0.3 is 0 Å². The maximum Gasteiger partial charge on any atom is 0.264 e. The second kappa shape index (κ2) is 5.12. The van der Waals surface area contributed by atoms with E-state index in [1.54, 1.807) is 4.72 Å². The number of hydrogen-bond donors (Lipinski definition) is 1. The minimum absolute atomic E-state index is 0.372. The summed E-state index contributed by atoms with van der Waals surface area (Å²) >= 11 is 0. The average Bonchev–Trinajstić information content (AvgIpc) is 2.34. The van der Waals surface area contributed by atoms with E-state index in [9.17, 15) is 26.0 Å². The summed E-state index contributed by atoms with van der Waals surface area (Å²) in [5.74, 6) is -4.98. The molecule has 0 aromatic heterocycles. The molecule has 0 saturated carbocycles. The first-order valence-electron chi connectivity index (χ1n) is 5.23. The standard InChI is InChI=1S/C12H7F4NO2S/c13-7-4-5-11(9(15)6-7)20(18,19)17-10-3-1-2-8(14)12(10)16/h1-6,17H. The summed E-state index contributed by atoms with van der Waals surface area (Å²) in [7, 11) is -4.50. The van der Waals surface area contributed by atoms with E-state index in [1.165, 1.54) is 0 Å². The number of halogens is 4. The Hall–Kier alpha value is -2.09. The van der Waals surface area contributed by atoms with Gasteiger partial charge in [-0.15, -0.1) is 0 Å². The Kier molecular flexibility index (Phi) is 3.67. The third kappa shape index (κ3) is 2.74. The monoisotopic (exact) mass is 305 g/mol. The quantitative estimate of drug-likeness (QED) is 0.886. The lowest BCUT2D eigenvalue weighted by molar-refractivity contribution is 0.511. The maximum absolute atomic E-state index is 13.4. The van der Waals surface area contributed by atoms with Gasteiger partial charge in [0.2, 0.25) is 0 Å². The minimum atomic E-state index is -4.50. The number of nitrogens with one attached hydrogen (secondary N) is 1. The molecule has 0 aliphatic heterocycles. The molecule has 0 saturated heterocycles. The third-order valence-corrected chi connectivity index (χ3v) is 3.78. The Balaban J connectivity index is 2.44. The van der Waals surface area contributed by atoms with Gasteiger partial charge in [0.15, 0.2) is 11.6 Å². The van der Waals surface area contributed by atoms with Gasteiger partial charge in [-0.25, -0.2) is 26.0 Å².